The van der Waals surface area contributed by atoms with Gasteiger partial charge in [-0.1, -0.05) is 30.0 Å². The topological polar surface area (TPSA) is 64.6 Å². The maximum absolute atomic E-state index is 11.6. The molecule has 1 N–H and O–H groups in total. The summed E-state index contributed by atoms with van der Waals surface area (Å²) in [7, 11) is 0. The molecule has 0 aromatic heterocycles. The predicted octanol–water partition coefficient (Wildman–Crippen LogP) is 2.37. The number of alkyl carbamates (subject to hydrolysis) is 1. The Kier molecular flexibility index (Phi) is 6.28. The summed E-state index contributed by atoms with van der Waals surface area (Å²) in [4.78, 5) is 22.9. The first kappa shape index (κ1) is 16.6. The van der Waals surface area contributed by atoms with Crippen LogP contribution in [0.4, 0.5) is 4.79 Å². The summed E-state index contributed by atoms with van der Waals surface area (Å²) < 4.78 is 10.00. The maximum Gasteiger partial charge on any atom is 0.408 e. The predicted molar refractivity (Wildman–Crippen MR) is 78.7 cm³/mol. The summed E-state index contributed by atoms with van der Waals surface area (Å²) >= 11 is 0. The number of rotatable bonds is 3. The molecular formula is C16H19NO4. The molecule has 1 aromatic carbocycles. The van der Waals surface area contributed by atoms with Gasteiger partial charge in [-0.25, -0.2) is 9.59 Å². The zero-order chi connectivity index (χ0) is 15.7. The molecule has 0 atom stereocenters. The van der Waals surface area contributed by atoms with E-state index in [1.165, 1.54) is 0 Å². The van der Waals surface area contributed by atoms with Gasteiger partial charge in [-0.15, -0.1) is 0 Å². The SMILES string of the molecule is CC(C)(C)OC(=O)NCC#CCOC(=O)c1ccccc1. The molecule has 0 heterocycles. The molecule has 0 bridgehead atoms. The molecule has 0 unspecified atom stereocenters. The Labute approximate surface area is 124 Å². The Hall–Kier alpha value is -2.48. The van der Waals surface area contributed by atoms with Crippen LogP contribution >= 0.6 is 0 Å². The van der Waals surface area contributed by atoms with E-state index >= 15 is 0 Å². The van der Waals surface area contributed by atoms with E-state index in [1.54, 1.807) is 45.0 Å². The van der Waals surface area contributed by atoms with Gasteiger partial charge in [0.25, 0.3) is 0 Å². The van der Waals surface area contributed by atoms with Crippen LogP contribution in [0.1, 0.15) is 31.1 Å². The number of benzene rings is 1. The summed E-state index contributed by atoms with van der Waals surface area (Å²) in [5.74, 6) is 4.88. The third-order valence-corrected chi connectivity index (χ3v) is 2.13. The van der Waals surface area contributed by atoms with Gasteiger partial charge in [0.05, 0.1) is 12.1 Å². The lowest BCUT2D eigenvalue weighted by Crippen LogP contribution is -2.32. The number of nitrogens with one attached hydrogen (secondary N) is 1. The molecule has 5 heteroatoms. The third-order valence-electron chi connectivity index (χ3n) is 2.13. The van der Waals surface area contributed by atoms with Crippen molar-refractivity contribution in [2.24, 2.45) is 0 Å². The summed E-state index contributed by atoms with van der Waals surface area (Å²) in [5, 5.41) is 2.48. The molecule has 0 saturated carbocycles. The van der Waals surface area contributed by atoms with Crippen molar-refractivity contribution in [1.82, 2.24) is 5.32 Å². The lowest BCUT2D eigenvalue weighted by Gasteiger charge is -2.18. The molecule has 0 fully saturated rings. The van der Waals surface area contributed by atoms with Gasteiger partial charge in [0.1, 0.15) is 5.60 Å². The number of ether oxygens (including phenoxy) is 2. The Morgan fingerprint density at radius 2 is 1.81 bits per heavy atom. The molecule has 1 rings (SSSR count). The Morgan fingerprint density at radius 3 is 2.43 bits per heavy atom. The van der Waals surface area contributed by atoms with Gasteiger partial charge in [0.15, 0.2) is 6.61 Å². The van der Waals surface area contributed by atoms with E-state index < -0.39 is 17.7 Å². The quantitative estimate of drug-likeness (QED) is 0.685. The standard InChI is InChI=1S/C16H19NO4/c1-16(2,3)21-15(19)17-11-7-8-12-20-14(18)13-9-5-4-6-10-13/h4-6,9-10H,11-12H2,1-3H3,(H,17,19). The van der Waals surface area contributed by atoms with Gasteiger partial charge in [0, 0.05) is 0 Å². The lowest BCUT2D eigenvalue weighted by molar-refractivity contribution is 0.0528. The van der Waals surface area contributed by atoms with E-state index in [-0.39, 0.29) is 13.2 Å². The second kappa shape index (κ2) is 7.95. The van der Waals surface area contributed by atoms with E-state index in [2.05, 4.69) is 17.2 Å². The third kappa shape index (κ3) is 7.63. The number of carbonyl (C=O) groups excluding carboxylic acids is 2. The van der Waals surface area contributed by atoms with E-state index in [1.807, 2.05) is 6.07 Å². The number of amides is 1. The van der Waals surface area contributed by atoms with Crippen LogP contribution in [0, 0.1) is 11.8 Å². The molecule has 0 aliphatic rings. The summed E-state index contributed by atoms with van der Waals surface area (Å²) in [6, 6.07) is 8.67. The fraction of sp³-hybridized carbons (Fsp3) is 0.375. The lowest BCUT2D eigenvalue weighted by atomic mass is 10.2. The molecule has 0 aliphatic carbocycles. The maximum atomic E-state index is 11.6. The number of hydrogen-bond acceptors (Lipinski definition) is 4. The van der Waals surface area contributed by atoms with Gasteiger partial charge in [0.2, 0.25) is 0 Å². The highest BCUT2D eigenvalue weighted by Gasteiger charge is 2.14. The van der Waals surface area contributed by atoms with Crippen LogP contribution < -0.4 is 5.32 Å². The minimum absolute atomic E-state index is 0.0241. The van der Waals surface area contributed by atoms with Crippen LogP contribution in [0.3, 0.4) is 0 Å². The van der Waals surface area contributed by atoms with Gasteiger partial charge in [-0.3, -0.25) is 0 Å². The number of carbonyl (C=O) groups is 2. The molecular weight excluding hydrogens is 270 g/mol. The van der Waals surface area contributed by atoms with Gasteiger partial charge >= 0.3 is 12.1 Å². The fourth-order valence-corrected chi connectivity index (χ4v) is 1.30. The first-order valence-corrected chi connectivity index (χ1v) is 6.53. The highest BCUT2D eigenvalue weighted by atomic mass is 16.6. The van der Waals surface area contributed by atoms with Crippen molar-refractivity contribution >= 4 is 12.1 Å². The molecule has 0 aliphatic heterocycles. The molecule has 0 spiro atoms. The number of esters is 1. The molecule has 0 radical (unpaired) electrons. The highest BCUT2D eigenvalue weighted by molar-refractivity contribution is 5.89. The minimum Gasteiger partial charge on any atom is -0.449 e. The molecule has 5 nitrogen and oxygen atoms in total. The summed E-state index contributed by atoms with van der Waals surface area (Å²) in [6.07, 6.45) is -0.530. The summed E-state index contributed by atoms with van der Waals surface area (Å²) in [6.45, 7) is 5.45. The molecule has 112 valence electrons. The second-order valence-electron chi connectivity index (χ2n) is 5.15. The second-order valence-corrected chi connectivity index (χ2v) is 5.15. The van der Waals surface area contributed by atoms with E-state index in [9.17, 15) is 9.59 Å². The van der Waals surface area contributed by atoms with Crippen molar-refractivity contribution in [2.45, 2.75) is 26.4 Å². The van der Waals surface area contributed by atoms with Crippen LogP contribution in [0.2, 0.25) is 0 Å². The largest absolute Gasteiger partial charge is 0.449 e. The van der Waals surface area contributed by atoms with Crippen LogP contribution in [-0.4, -0.2) is 30.8 Å². The zero-order valence-corrected chi connectivity index (χ0v) is 12.4. The molecule has 1 amide bonds. The highest BCUT2D eigenvalue weighted by Crippen LogP contribution is 2.06. The van der Waals surface area contributed by atoms with Crippen molar-refractivity contribution in [1.29, 1.82) is 0 Å². The van der Waals surface area contributed by atoms with Crippen molar-refractivity contribution in [3.05, 3.63) is 35.9 Å². The smallest absolute Gasteiger partial charge is 0.408 e. The Morgan fingerprint density at radius 1 is 1.14 bits per heavy atom. The minimum atomic E-state index is -0.539. The number of hydrogen-bond donors (Lipinski definition) is 1. The fourth-order valence-electron chi connectivity index (χ4n) is 1.30. The van der Waals surface area contributed by atoms with E-state index in [4.69, 9.17) is 9.47 Å². The average molecular weight is 289 g/mol. The van der Waals surface area contributed by atoms with E-state index in [0.29, 0.717) is 5.56 Å². The zero-order valence-electron chi connectivity index (χ0n) is 12.4. The van der Waals surface area contributed by atoms with Crippen LogP contribution in [0.15, 0.2) is 30.3 Å². The molecule has 1 aromatic rings. The normalized spacial score (nSPS) is 10.0. The van der Waals surface area contributed by atoms with Crippen LogP contribution in [0.25, 0.3) is 0 Å². The van der Waals surface area contributed by atoms with Crippen LogP contribution in [-0.2, 0) is 9.47 Å². The first-order valence-electron chi connectivity index (χ1n) is 6.53. The van der Waals surface area contributed by atoms with Gasteiger partial charge in [-0.05, 0) is 32.9 Å². The van der Waals surface area contributed by atoms with Crippen molar-refractivity contribution in [3.63, 3.8) is 0 Å². The van der Waals surface area contributed by atoms with Crippen molar-refractivity contribution < 1.29 is 19.1 Å². The van der Waals surface area contributed by atoms with Crippen LogP contribution in [0.5, 0.6) is 0 Å². The summed E-state index contributed by atoms with van der Waals surface area (Å²) in [5.41, 5.74) is -0.0610. The van der Waals surface area contributed by atoms with E-state index in [0.717, 1.165) is 0 Å². The monoisotopic (exact) mass is 289 g/mol. The van der Waals surface area contributed by atoms with Gasteiger partial charge < -0.3 is 14.8 Å². The molecule has 0 saturated heterocycles. The van der Waals surface area contributed by atoms with Gasteiger partial charge in [-0.2, -0.15) is 0 Å². The average Bonchev–Trinajstić information content (AvgIpc) is 2.41. The van der Waals surface area contributed by atoms with Crippen molar-refractivity contribution in [2.75, 3.05) is 13.2 Å². The Balaban J connectivity index is 2.22. The molecule has 21 heavy (non-hydrogen) atoms. The Bertz CT molecular complexity index is 535. The first-order chi connectivity index (χ1) is 9.88. The van der Waals surface area contributed by atoms with Crippen molar-refractivity contribution in [3.8, 4) is 11.8 Å².